The molecule has 0 aromatic heterocycles. The molecule has 2 heteroatoms. The monoisotopic (exact) mass is 342 g/mol. The van der Waals surface area contributed by atoms with Crippen LogP contribution in [0.4, 0.5) is 17.1 Å². The van der Waals surface area contributed by atoms with E-state index in [9.17, 15) is 0 Å². The number of anilines is 3. The van der Waals surface area contributed by atoms with E-state index in [1.807, 2.05) is 12.1 Å². The maximum absolute atomic E-state index is 6.32. The summed E-state index contributed by atoms with van der Waals surface area (Å²) < 4.78 is 0. The lowest BCUT2D eigenvalue weighted by Gasteiger charge is -2.14. The first-order chi connectivity index (χ1) is 12.4. The van der Waals surface area contributed by atoms with Crippen LogP contribution in [-0.4, -0.2) is 0 Å². The molecule has 3 N–H and O–H groups in total. The molecule has 1 aliphatic carbocycles. The highest BCUT2D eigenvalue weighted by Gasteiger charge is 2.28. The van der Waals surface area contributed by atoms with E-state index in [4.69, 9.17) is 5.73 Å². The van der Waals surface area contributed by atoms with Crippen LogP contribution in [0.3, 0.4) is 0 Å². The number of fused-ring (bicyclic) bond motifs is 1. The van der Waals surface area contributed by atoms with Crippen LogP contribution in [0.1, 0.15) is 30.5 Å². The Morgan fingerprint density at radius 3 is 2.46 bits per heavy atom. The summed E-state index contributed by atoms with van der Waals surface area (Å²) in [5, 5.41) is 3.52. The van der Waals surface area contributed by atoms with Gasteiger partial charge in [-0.1, -0.05) is 50.2 Å². The maximum atomic E-state index is 6.32. The number of hydrogen-bond donors (Lipinski definition) is 2. The Hall–Kier alpha value is -2.74. The lowest BCUT2D eigenvalue weighted by atomic mass is 9.90. The zero-order valence-electron chi connectivity index (χ0n) is 15.8. The van der Waals surface area contributed by atoms with Gasteiger partial charge in [0.15, 0.2) is 0 Å². The van der Waals surface area contributed by atoms with Gasteiger partial charge >= 0.3 is 0 Å². The molecule has 0 unspecified atom stereocenters. The van der Waals surface area contributed by atoms with Crippen LogP contribution in [0.2, 0.25) is 0 Å². The van der Waals surface area contributed by atoms with Gasteiger partial charge in [-0.2, -0.15) is 0 Å². The summed E-state index contributed by atoms with van der Waals surface area (Å²) in [4.78, 5) is 0. The van der Waals surface area contributed by atoms with Crippen LogP contribution < -0.4 is 11.1 Å². The number of nitrogen functional groups attached to an aromatic ring is 1. The molecule has 26 heavy (non-hydrogen) atoms. The smallest absolute Gasteiger partial charge is 0.0413 e. The van der Waals surface area contributed by atoms with Crippen LogP contribution in [-0.2, 0) is 12.8 Å². The fourth-order valence-corrected chi connectivity index (χ4v) is 3.98. The summed E-state index contributed by atoms with van der Waals surface area (Å²) in [6.45, 7) is 6.80. The van der Waals surface area contributed by atoms with Crippen LogP contribution >= 0.6 is 0 Å². The third kappa shape index (κ3) is 3.20. The highest BCUT2D eigenvalue weighted by atomic mass is 14.9. The first-order valence-electron chi connectivity index (χ1n) is 9.26. The van der Waals surface area contributed by atoms with Crippen molar-refractivity contribution in [1.82, 2.24) is 0 Å². The molecule has 3 aromatic carbocycles. The molecule has 0 atom stereocenters. The SMILES string of the molecule is Cc1ccccc1Nc1ccc(N)c(-c2ccc3c(c2)CC(C)(C)C3)c1. The van der Waals surface area contributed by atoms with Gasteiger partial charge in [-0.3, -0.25) is 0 Å². The molecule has 132 valence electrons. The molecule has 0 aliphatic heterocycles. The number of para-hydroxylation sites is 1. The van der Waals surface area contributed by atoms with Gasteiger partial charge in [-0.25, -0.2) is 0 Å². The molecule has 0 fully saturated rings. The average molecular weight is 342 g/mol. The second-order valence-electron chi connectivity index (χ2n) is 8.24. The largest absolute Gasteiger partial charge is 0.398 e. The van der Waals surface area contributed by atoms with E-state index in [2.05, 4.69) is 74.6 Å². The predicted octanol–water partition coefficient (Wildman–Crippen LogP) is 6.11. The van der Waals surface area contributed by atoms with Crippen LogP contribution in [0.15, 0.2) is 60.7 Å². The van der Waals surface area contributed by atoms with E-state index in [0.717, 1.165) is 35.5 Å². The average Bonchev–Trinajstić information content (AvgIpc) is 2.91. The lowest BCUT2D eigenvalue weighted by Crippen LogP contribution is -2.09. The standard InChI is InChI=1S/C24H26N2/c1-16-6-4-5-7-23(16)26-20-10-11-22(25)21(13-20)17-8-9-18-14-24(2,3)15-19(18)12-17/h4-13,26H,14-15,25H2,1-3H3. The Morgan fingerprint density at radius 1 is 0.885 bits per heavy atom. The van der Waals surface area contributed by atoms with Gasteiger partial charge in [-0.15, -0.1) is 0 Å². The van der Waals surface area contributed by atoms with E-state index in [1.165, 1.54) is 22.3 Å². The quantitative estimate of drug-likeness (QED) is 0.563. The summed E-state index contributed by atoms with van der Waals surface area (Å²) in [5.74, 6) is 0. The fourth-order valence-electron chi connectivity index (χ4n) is 3.98. The van der Waals surface area contributed by atoms with Crippen LogP contribution in [0, 0.1) is 12.3 Å². The van der Waals surface area contributed by atoms with Gasteiger partial charge in [0.2, 0.25) is 0 Å². The van der Waals surface area contributed by atoms with Crippen molar-refractivity contribution in [3.05, 3.63) is 77.4 Å². The van der Waals surface area contributed by atoms with Crippen molar-refractivity contribution in [3.8, 4) is 11.1 Å². The Morgan fingerprint density at radius 2 is 1.65 bits per heavy atom. The molecule has 0 saturated carbocycles. The molecule has 0 radical (unpaired) electrons. The normalized spacial score (nSPS) is 14.9. The molecule has 0 heterocycles. The Balaban J connectivity index is 1.69. The minimum Gasteiger partial charge on any atom is -0.398 e. The number of benzene rings is 3. The summed E-state index contributed by atoms with van der Waals surface area (Å²) in [6, 6.07) is 21.3. The highest BCUT2D eigenvalue weighted by Crippen LogP contribution is 2.39. The van der Waals surface area contributed by atoms with Gasteiger partial charge in [0, 0.05) is 22.6 Å². The minimum atomic E-state index is 0.362. The number of aryl methyl sites for hydroxylation is 1. The molecular formula is C24H26N2. The summed E-state index contributed by atoms with van der Waals surface area (Å²) in [6.07, 6.45) is 2.30. The van der Waals surface area contributed by atoms with E-state index in [0.29, 0.717) is 5.41 Å². The van der Waals surface area contributed by atoms with Crippen molar-refractivity contribution in [2.75, 3.05) is 11.1 Å². The van der Waals surface area contributed by atoms with Gasteiger partial charge in [0.1, 0.15) is 0 Å². The maximum Gasteiger partial charge on any atom is 0.0413 e. The first kappa shape index (κ1) is 16.7. The summed E-state index contributed by atoms with van der Waals surface area (Å²) in [5.41, 5.74) is 16.1. The molecule has 1 aliphatic rings. The molecule has 0 bridgehead atoms. The van der Waals surface area contributed by atoms with E-state index >= 15 is 0 Å². The number of hydrogen-bond acceptors (Lipinski definition) is 2. The lowest BCUT2D eigenvalue weighted by molar-refractivity contribution is 0.392. The van der Waals surface area contributed by atoms with Crippen molar-refractivity contribution in [2.45, 2.75) is 33.6 Å². The Kier molecular flexibility index (Phi) is 3.99. The number of nitrogens with two attached hydrogens (primary N) is 1. The molecule has 2 nitrogen and oxygen atoms in total. The van der Waals surface area contributed by atoms with Gasteiger partial charge < -0.3 is 11.1 Å². The zero-order chi connectivity index (χ0) is 18.3. The van der Waals surface area contributed by atoms with Crippen molar-refractivity contribution in [3.63, 3.8) is 0 Å². The first-order valence-corrected chi connectivity index (χ1v) is 9.26. The molecule has 0 spiro atoms. The number of nitrogens with one attached hydrogen (secondary N) is 1. The Bertz CT molecular complexity index is 970. The van der Waals surface area contributed by atoms with Crippen LogP contribution in [0.5, 0.6) is 0 Å². The van der Waals surface area contributed by atoms with E-state index in [1.54, 1.807) is 0 Å². The predicted molar refractivity (Wildman–Crippen MR) is 112 cm³/mol. The number of rotatable bonds is 3. The van der Waals surface area contributed by atoms with Crippen molar-refractivity contribution < 1.29 is 0 Å². The zero-order valence-corrected chi connectivity index (χ0v) is 15.8. The molecule has 3 aromatic rings. The summed E-state index contributed by atoms with van der Waals surface area (Å²) in [7, 11) is 0. The van der Waals surface area contributed by atoms with E-state index < -0.39 is 0 Å². The van der Waals surface area contributed by atoms with Gasteiger partial charge in [0.25, 0.3) is 0 Å². The molecule has 0 amide bonds. The summed E-state index contributed by atoms with van der Waals surface area (Å²) >= 11 is 0. The van der Waals surface area contributed by atoms with Gasteiger partial charge in [-0.05, 0) is 71.7 Å². The van der Waals surface area contributed by atoms with Gasteiger partial charge in [0.05, 0.1) is 0 Å². The van der Waals surface area contributed by atoms with Crippen molar-refractivity contribution in [2.24, 2.45) is 5.41 Å². The van der Waals surface area contributed by atoms with Crippen LogP contribution in [0.25, 0.3) is 11.1 Å². The van der Waals surface area contributed by atoms with E-state index in [-0.39, 0.29) is 0 Å². The second kappa shape index (κ2) is 6.21. The minimum absolute atomic E-state index is 0.362. The molecule has 0 saturated heterocycles. The third-order valence-electron chi connectivity index (χ3n) is 5.33. The van der Waals surface area contributed by atoms with Crippen molar-refractivity contribution >= 4 is 17.1 Å². The second-order valence-corrected chi connectivity index (χ2v) is 8.24. The Labute approximate surface area is 156 Å². The van der Waals surface area contributed by atoms with Crippen molar-refractivity contribution in [1.29, 1.82) is 0 Å². The molecular weight excluding hydrogens is 316 g/mol. The molecule has 4 rings (SSSR count). The fraction of sp³-hybridized carbons (Fsp3) is 0.250. The third-order valence-corrected chi connectivity index (χ3v) is 5.33. The topological polar surface area (TPSA) is 38.0 Å². The highest BCUT2D eigenvalue weighted by molar-refractivity contribution is 5.81.